The third-order valence-electron chi connectivity index (χ3n) is 6.25. The van der Waals surface area contributed by atoms with Crippen molar-refractivity contribution in [2.24, 2.45) is 0 Å². The summed E-state index contributed by atoms with van der Waals surface area (Å²) in [6.45, 7) is 0. The molecule has 2 bridgehead atoms. The maximum atomic E-state index is 10.9. The van der Waals surface area contributed by atoms with Crippen molar-refractivity contribution in [3.8, 4) is 5.75 Å². The number of pyridine rings is 1. The first-order valence-corrected chi connectivity index (χ1v) is 11.0. The van der Waals surface area contributed by atoms with Crippen LogP contribution in [0.1, 0.15) is 45.0 Å². The number of hydrogen-bond donors (Lipinski definition) is 1. The van der Waals surface area contributed by atoms with Gasteiger partial charge in [0.05, 0.1) is 11.3 Å². The van der Waals surface area contributed by atoms with Gasteiger partial charge in [-0.2, -0.15) is 4.57 Å². The number of benzene rings is 1. The lowest BCUT2D eigenvalue weighted by atomic mass is 9.57. The summed E-state index contributed by atoms with van der Waals surface area (Å²) >= 11 is 3.67. The van der Waals surface area contributed by atoms with Gasteiger partial charge in [-0.1, -0.05) is 30.3 Å². The summed E-state index contributed by atoms with van der Waals surface area (Å²) in [6.07, 6.45) is 3.23. The molecular weight excluding hydrogens is 450 g/mol. The minimum absolute atomic E-state index is 0. The molecule has 0 spiro atoms. The molecule has 2 aliphatic heterocycles. The molecule has 1 aromatic carbocycles. The van der Waals surface area contributed by atoms with E-state index in [1.54, 1.807) is 0 Å². The van der Waals surface area contributed by atoms with Crippen LogP contribution in [0.5, 0.6) is 5.75 Å². The van der Waals surface area contributed by atoms with Crippen molar-refractivity contribution in [2.45, 2.75) is 23.8 Å². The van der Waals surface area contributed by atoms with Gasteiger partial charge in [0.25, 0.3) is 0 Å². The second-order valence-electron chi connectivity index (χ2n) is 7.39. The first-order chi connectivity index (χ1) is 13.3. The van der Waals surface area contributed by atoms with E-state index in [-0.39, 0.29) is 34.4 Å². The van der Waals surface area contributed by atoms with E-state index in [0.717, 1.165) is 12.0 Å². The van der Waals surface area contributed by atoms with Crippen LogP contribution in [0.15, 0.2) is 77.6 Å². The van der Waals surface area contributed by atoms with Crippen molar-refractivity contribution < 1.29 is 26.7 Å². The molecule has 5 heteroatoms. The largest absolute Gasteiger partial charge is 1.00 e. The predicted molar refractivity (Wildman–Crippen MR) is 109 cm³/mol. The van der Waals surface area contributed by atoms with Crippen molar-refractivity contribution in [3.63, 3.8) is 0 Å². The summed E-state index contributed by atoms with van der Waals surface area (Å²) in [5.41, 5.74) is 3.55. The molecule has 2 atom stereocenters. The van der Waals surface area contributed by atoms with Gasteiger partial charge in [0.15, 0.2) is 17.9 Å². The normalized spacial score (nSPS) is 20.9. The van der Waals surface area contributed by atoms with Crippen molar-refractivity contribution in [3.05, 3.63) is 104 Å². The first-order valence-electron chi connectivity index (χ1n) is 9.20. The van der Waals surface area contributed by atoms with Gasteiger partial charge in [-0.05, 0) is 29.0 Å². The highest BCUT2D eigenvalue weighted by Crippen LogP contribution is 2.62. The maximum absolute atomic E-state index is 10.9. The SMILES string of the molecule is Oc1cccc2c1[C@@H]1c3cccc[n+]3[C@H]2CC1(c1cccs1)c1cccs1.[Br-]. The summed E-state index contributed by atoms with van der Waals surface area (Å²) in [7, 11) is 0. The second kappa shape index (κ2) is 6.55. The lowest BCUT2D eigenvalue weighted by Gasteiger charge is -2.48. The number of phenols is 1. The van der Waals surface area contributed by atoms with Crippen LogP contribution in [0.3, 0.4) is 0 Å². The summed E-state index contributed by atoms with van der Waals surface area (Å²) in [5, 5.41) is 15.3. The van der Waals surface area contributed by atoms with Gasteiger partial charge in [-0.25, -0.2) is 0 Å². The molecule has 3 aliphatic rings. The molecule has 0 amide bonds. The van der Waals surface area contributed by atoms with Crippen LogP contribution in [0.25, 0.3) is 0 Å². The molecule has 28 heavy (non-hydrogen) atoms. The van der Waals surface area contributed by atoms with Crippen molar-refractivity contribution in [1.29, 1.82) is 0 Å². The van der Waals surface area contributed by atoms with E-state index in [2.05, 4.69) is 70.1 Å². The van der Waals surface area contributed by atoms with E-state index in [1.165, 1.54) is 21.0 Å². The zero-order chi connectivity index (χ0) is 18.0. The molecule has 7 rings (SSSR count). The number of fused-ring (bicyclic) bond motifs is 1. The van der Waals surface area contributed by atoms with E-state index in [1.807, 2.05) is 34.8 Å². The standard InChI is InChI=1S/C23H17NOS2.BrH/c25-18-8-3-6-15-17-14-23(19-9-4-12-26-19,20-10-5-13-27-20)22(21(15)18)16-7-1-2-11-24(16)17;/h1-13,17,22H,14H2;1H/t17-,22-;/m0./s1. The Hall–Kier alpha value is -1.95. The van der Waals surface area contributed by atoms with Crippen LogP contribution in [-0.4, -0.2) is 5.11 Å². The molecule has 0 saturated carbocycles. The summed E-state index contributed by atoms with van der Waals surface area (Å²) in [6, 6.07) is 21.6. The molecule has 1 aliphatic carbocycles. The fourth-order valence-corrected chi connectivity index (χ4v) is 7.30. The molecule has 140 valence electrons. The van der Waals surface area contributed by atoms with Crippen molar-refractivity contribution in [1.82, 2.24) is 0 Å². The number of thiophene rings is 2. The Bertz CT molecular complexity index is 1100. The Morgan fingerprint density at radius 1 is 0.893 bits per heavy atom. The molecule has 0 radical (unpaired) electrons. The maximum Gasteiger partial charge on any atom is 0.190 e. The van der Waals surface area contributed by atoms with Gasteiger partial charge < -0.3 is 22.1 Å². The highest BCUT2D eigenvalue weighted by molar-refractivity contribution is 7.11. The molecule has 0 unspecified atom stereocenters. The van der Waals surface area contributed by atoms with Crippen LogP contribution in [0.4, 0.5) is 0 Å². The molecule has 3 aromatic heterocycles. The Kier molecular flexibility index (Phi) is 4.23. The molecule has 0 fully saturated rings. The number of rotatable bonds is 2. The van der Waals surface area contributed by atoms with E-state index in [9.17, 15) is 5.11 Å². The Morgan fingerprint density at radius 2 is 1.64 bits per heavy atom. The van der Waals surface area contributed by atoms with Gasteiger partial charge >= 0.3 is 0 Å². The third kappa shape index (κ3) is 2.21. The zero-order valence-corrected chi connectivity index (χ0v) is 18.2. The van der Waals surface area contributed by atoms with E-state index in [0.29, 0.717) is 5.75 Å². The van der Waals surface area contributed by atoms with Crippen LogP contribution in [-0.2, 0) is 5.41 Å². The zero-order valence-electron chi connectivity index (χ0n) is 15.0. The van der Waals surface area contributed by atoms with Gasteiger partial charge in [0.1, 0.15) is 5.75 Å². The second-order valence-corrected chi connectivity index (χ2v) is 9.29. The van der Waals surface area contributed by atoms with Gasteiger partial charge in [-0.3, -0.25) is 0 Å². The average molecular weight is 468 g/mol. The van der Waals surface area contributed by atoms with E-state index >= 15 is 0 Å². The smallest absolute Gasteiger partial charge is 0.190 e. The van der Waals surface area contributed by atoms with E-state index < -0.39 is 0 Å². The fraction of sp³-hybridized carbons (Fsp3) is 0.174. The van der Waals surface area contributed by atoms with Crippen molar-refractivity contribution in [2.75, 3.05) is 0 Å². The van der Waals surface area contributed by atoms with Gasteiger partial charge in [-0.15, -0.1) is 22.7 Å². The highest BCUT2D eigenvalue weighted by Gasteiger charge is 2.61. The predicted octanol–water partition coefficient (Wildman–Crippen LogP) is 2.23. The number of aromatic hydroxyl groups is 1. The lowest BCUT2D eigenvalue weighted by molar-refractivity contribution is -0.732. The first kappa shape index (κ1) is 18.1. The molecule has 2 nitrogen and oxygen atoms in total. The Morgan fingerprint density at radius 3 is 2.32 bits per heavy atom. The molecular formula is C23H18BrNOS2. The van der Waals surface area contributed by atoms with Crippen LogP contribution in [0.2, 0.25) is 0 Å². The van der Waals surface area contributed by atoms with Crippen LogP contribution >= 0.6 is 22.7 Å². The minimum Gasteiger partial charge on any atom is -1.00 e. The molecule has 5 heterocycles. The van der Waals surface area contributed by atoms with Crippen LogP contribution < -0.4 is 21.5 Å². The van der Waals surface area contributed by atoms with Gasteiger partial charge in [0.2, 0.25) is 0 Å². The molecule has 1 N–H and O–H groups in total. The average Bonchev–Trinajstić information content (AvgIpc) is 3.43. The Balaban J connectivity index is 0.00000171. The van der Waals surface area contributed by atoms with Crippen molar-refractivity contribution >= 4 is 22.7 Å². The van der Waals surface area contributed by atoms with E-state index in [4.69, 9.17) is 0 Å². The number of nitrogens with zero attached hydrogens (tertiary/aromatic N) is 1. The lowest BCUT2D eigenvalue weighted by Crippen LogP contribution is -3.00. The summed E-state index contributed by atoms with van der Waals surface area (Å²) in [4.78, 5) is 2.79. The summed E-state index contributed by atoms with van der Waals surface area (Å²) in [5.74, 6) is 0.534. The molecule has 0 saturated heterocycles. The third-order valence-corrected chi connectivity index (χ3v) is 8.34. The topological polar surface area (TPSA) is 24.1 Å². The number of halogens is 1. The minimum atomic E-state index is -0.125. The van der Waals surface area contributed by atoms with Crippen LogP contribution in [0, 0.1) is 0 Å². The monoisotopic (exact) mass is 467 g/mol. The number of aromatic nitrogens is 1. The highest BCUT2D eigenvalue weighted by atomic mass is 79.9. The number of hydrogen-bond acceptors (Lipinski definition) is 3. The van der Waals surface area contributed by atoms with Gasteiger partial charge in [0, 0.05) is 39.4 Å². The summed E-state index contributed by atoms with van der Waals surface area (Å²) < 4.78 is 2.42. The Labute approximate surface area is 182 Å². The molecule has 4 aromatic rings. The quantitative estimate of drug-likeness (QED) is 0.449. The number of phenolic OH excluding ortho intramolecular Hbond substituents is 1. The fourth-order valence-electron chi connectivity index (χ4n) is 5.27.